The molecule has 0 fully saturated rings. The zero-order valence-electron chi connectivity index (χ0n) is 16.6. The predicted octanol–water partition coefficient (Wildman–Crippen LogP) is 3.40. The molecule has 0 saturated carbocycles. The summed E-state index contributed by atoms with van der Waals surface area (Å²) >= 11 is -0.467. The molecule has 4 aromatic carbocycles. The van der Waals surface area contributed by atoms with E-state index in [0.717, 1.165) is 0 Å². The Morgan fingerprint density at radius 1 is 0.500 bits per heavy atom. The Hall–Kier alpha value is -1.42. The van der Waals surface area contributed by atoms with Gasteiger partial charge in [0.05, 0.1) is 0 Å². The molecule has 0 spiro atoms. The summed E-state index contributed by atoms with van der Waals surface area (Å²) in [5, 5.41) is 5.67. The first kappa shape index (κ1) is 19.9. The molecule has 0 radical (unpaired) electrons. The average molecular weight is 596 g/mol. The molecule has 4 aromatic rings. The molecule has 0 N–H and O–H groups in total. The van der Waals surface area contributed by atoms with Gasteiger partial charge < -0.3 is 0 Å². The van der Waals surface area contributed by atoms with Crippen LogP contribution in [-0.2, 0) is 0 Å². The average Bonchev–Trinajstić information content (AvgIpc) is 2.71. The summed E-state index contributed by atoms with van der Waals surface area (Å²) < 4.78 is 3.21. The van der Waals surface area contributed by atoms with Crippen molar-refractivity contribution >= 4 is 74.3 Å². The first-order valence-corrected chi connectivity index (χ1v) is 19.0. The van der Waals surface area contributed by atoms with Crippen molar-refractivity contribution < 1.29 is 0 Å². The van der Waals surface area contributed by atoms with Crippen LogP contribution < -0.4 is 17.0 Å². The van der Waals surface area contributed by atoms with Crippen LogP contribution in [-0.4, -0.2) is 62.3 Å². The summed E-state index contributed by atoms with van der Waals surface area (Å²) in [5.74, 6) is 0. The van der Waals surface area contributed by atoms with E-state index in [1.165, 1.54) is 32.9 Å². The van der Waals surface area contributed by atoms with E-state index in [-0.39, 0.29) is 34.1 Å². The number of fused-ring (bicyclic) bond motifs is 2. The minimum absolute atomic E-state index is 0.234. The molecule has 4 rings (SSSR count). The Balaban J connectivity index is 1.77. The molecule has 0 aliphatic carbocycles. The van der Waals surface area contributed by atoms with Gasteiger partial charge in [0.1, 0.15) is 0 Å². The minimum atomic E-state index is -0.234. The Morgan fingerprint density at radius 2 is 0.857 bits per heavy atom. The van der Waals surface area contributed by atoms with Crippen LogP contribution in [0.15, 0.2) is 72.8 Å². The van der Waals surface area contributed by atoms with E-state index in [4.69, 9.17) is 0 Å². The zero-order valence-corrected chi connectivity index (χ0v) is 21.3. The molecule has 0 aliphatic rings. The van der Waals surface area contributed by atoms with Crippen molar-refractivity contribution in [3.63, 3.8) is 0 Å². The summed E-state index contributed by atoms with van der Waals surface area (Å²) in [6, 6.07) is 27.1. The van der Waals surface area contributed by atoms with E-state index < -0.39 is 0 Å². The standard InChI is InChI=1S/C24H24N2Te2/c1-25(2)19-13-5-9-17-11-7-15-21(23(17)19)27-28-22-16-8-12-18-10-6-14-20(24(18)22)26(3)4/h5-16H,1-4H3. The van der Waals surface area contributed by atoms with Gasteiger partial charge in [-0.25, -0.2) is 0 Å². The molecule has 2 nitrogen and oxygen atoms in total. The van der Waals surface area contributed by atoms with Gasteiger partial charge >= 0.3 is 185 Å². The SMILES string of the molecule is CN(C)c1cccc2cccc([Te][Te]c3cccc4cccc(N(C)C)c34)c12. The third-order valence-electron chi connectivity index (χ3n) is 4.87. The summed E-state index contributed by atoms with van der Waals surface area (Å²) in [5.41, 5.74) is 2.69. The van der Waals surface area contributed by atoms with Gasteiger partial charge in [-0.1, -0.05) is 0 Å². The first-order chi connectivity index (χ1) is 13.6. The zero-order chi connectivity index (χ0) is 19.7. The van der Waals surface area contributed by atoms with Crippen molar-refractivity contribution in [2.45, 2.75) is 0 Å². The number of anilines is 2. The van der Waals surface area contributed by atoms with Gasteiger partial charge in [-0.15, -0.1) is 0 Å². The molecular formula is C24H24N2Te2. The normalized spacial score (nSPS) is 11.1. The summed E-state index contributed by atoms with van der Waals surface area (Å²) in [4.78, 5) is 4.50. The van der Waals surface area contributed by atoms with E-state index in [9.17, 15) is 0 Å². The Morgan fingerprint density at radius 3 is 1.21 bits per heavy atom. The van der Waals surface area contributed by atoms with Gasteiger partial charge in [-0.05, 0) is 0 Å². The quantitative estimate of drug-likeness (QED) is 0.327. The Bertz CT molecular complexity index is 1030. The molecule has 28 heavy (non-hydrogen) atoms. The molecule has 0 unspecified atom stereocenters. The fourth-order valence-corrected chi connectivity index (χ4v) is 15.3. The number of benzene rings is 4. The maximum absolute atomic E-state index is 2.38. The van der Waals surface area contributed by atoms with E-state index in [1.807, 2.05) is 0 Å². The summed E-state index contributed by atoms with van der Waals surface area (Å²) in [6.45, 7) is 0. The molecule has 0 aliphatic heterocycles. The van der Waals surface area contributed by atoms with Gasteiger partial charge in [0.2, 0.25) is 0 Å². The molecule has 0 saturated heterocycles. The van der Waals surface area contributed by atoms with Crippen molar-refractivity contribution in [1.29, 1.82) is 0 Å². The predicted molar refractivity (Wildman–Crippen MR) is 127 cm³/mol. The molecular weight excluding hydrogens is 571 g/mol. The van der Waals surface area contributed by atoms with Crippen LogP contribution in [0.25, 0.3) is 21.5 Å². The van der Waals surface area contributed by atoms with Gasteiger partial charge in [-0.2, -0.15) is 0 Å². The van der Waals surface area contributed by atoms with E-state index in [2.05, 4.69) is 111 Å². The van der Waals surface area contributed by atoms with Crippen LogP contribution in [0.2, 0.25) is 0 Å². The third-order valence-corrected chi connectivity index (χ3v) is 16.5. The Labute approximate surface area is 183 Å². The molecule has 0 aromatic heterocycles. The van der Waals surface area contributed by atoms with E-state index in [0.29, 0.717) is 0 Å². The fraction of sp³-hybridized carbons (Fsp3) is 0.167. The maximum atomic E-state index is 2.38. The number of nitrogens with zero attached hydrogens (tertiary/aromatic N) is 2. The molecule has 142 valence electrons. The van der Waals surface area contributed by atoms with Crippen LogP contribution in [0.1, 0.15) is 0 Å². The number of hydrogen-bond donors (Lipinski definition) is 0. The molecule has 0 amide bonds. The van der Waals surface area contributed by atoms with Crippen LogP contribution in [0.5, 0.6) is 0 Å². The van der Waals surface area contributed by atoms with Gasteiger partial charge in [-0.3, -0.25) is 0 Å². The van der Waals surface area contributed by atoms with Crippen molar-refractivity contribution in [3.8, 4) is 0 Å². The topological polar surface area (TPSA) is 6.48 Å². The van der Waals surface area contributed by atoms with E-state index in [1.54, 1.807) is 7.22 Å². The van der Waals surface area contributed by atoms with Crippen LogP contribution in [0, 0.1) is 0 Å². The van der Waals surface area contributed by atoms with Crippen molar-refractivity contribution in [3.05, 3.63) is 72.8 Å². The van der Waals surface area contributed by atoms with Crippen LogP contribution in [0.4, 0.5) is 11.4 Å². The molecule has 4 heteroatoms. The number of rotatable bonds is 5. The molecule has 0 atom stereocenters. The van der Waals surface area contributed by atoms with Gasteiger partial charge in [0.25, 0.3) is 0 Å². The van der Waals surface area contributed by atoms with Gasteiger partial charge in [0, 0.05) is 0 Å². The Kier molecular flexibility index (Phi) is 6.05. The third kappa shape index (κ3) is 3.85. The van der Waals surface area contributed by atoms with Crippen LogP contribution >= 0.6 is 0 Å². The fourth-order valence-electron chi connectivity index (χ4n) is 3.55. The molecule has 0 bridgehead atoms. The van der Waals surface area contributed by atoms with Crippen molar-refractivity contribution in [2.24, 2.45) is 0 Å². The van der Waals surface area contributed by atoms with Crippen molar-refractivity contribution in [1.82, 2.24) is 0 Å². The second kappa shape index (κ2) is 8.52. The van der Waals surface area contributed by atoms with Crippen LogP contribution in [0.3, 0.4) is 0 Å². The number of hydrogen-bond acceptors (Lipinski definition) is 2. The van der Waals surface area contributed by atoms with E-state index >= 15 is 0 Å². The monoisotopic (exact) mass is 600 g/mol. The van der Waals surface area contributed by atoms with Gasteiger partial charge in [0.15, 0.2) is 0 Å². The molecule has 0 heterocycles. The summed E-state index contributed by atoms with van der Waals surface area (Å²) in [7, 11) is 8.60. The first-order valence-electron chi connectivity index (χ1n) is 9.29. The second-order valence-corrected chi connectivity index (χ2v) is 17.1. The van der Waals surface area contributed by atoms with Crippen molar-refractivity contribution in [2.75, 3.05) is 38.0 Å². The summed E-state index contributed by atoms with van der Waals surface area (Å²) in [6.07, 6.45) is 0. The second-order valence-electron chi connectivity index (χ2n) is 7.22.